The molecule has 6 heteroatoms. The van der Waals surface area contributed by atoms with E-state index in [1.165, 1.54) is 21.8 Å². The molecule has 0 atom stereocenters. The van der Waals surface area contributed by atoms with E-state index in [4.69, 9.17) is 5.73 Å². The Hall–Kier alpha value is -2.18. The van der Waals surface area contributed by atoms with E-state index in [0.717, 1.165) is 31.2 Å². The first-order valence-corrected chi connectivity index (χ1v) is 10.3. The number of carbonyl (C=O) groups is 2. The summed E-state index contributed by atoms with van der Waals surface area (Å²) in [4.78, 5) is 28.0. The highest BCUT2D eigenvalue weighted by atomic mass is 32.1. The fourth-order valence-electron chi connectivity index (χ4n) is 3.50. The zero-order valence-corrected chi connectivity index (χ0v) is 16.8. The van der Waals surface area contributed by atoms with E-state index in [1.807, 2.05) is 18.2 Å². The monoisotopic (exact) mass is 385 g/mol. The largest absolute Gasteiger partial charge is 0.365 e. The van der Waals surface area contributed by atoms with E-state index in [-0.39, 0.29) is 18.5 Å². The van der Waals surface area contributed by atoms with E-state index in [0.29, 0.717) is 17.1 Å². The lowest BCUT2D eigenvalue weighted by Gasteiger charge is -2.25. The number of benzene rings is 1. The molecule has 0 bridgehead atoms. The standard InChI is InChI=1S/C21H27N3O2S/c1-14(2)24(12-15-8-4-3-5-9-15)13-18(25)23-21-19(20(22)26)16-10-6-7-11-17(16)27-21/h3-5,8-9,14H,6-7,10-13H2,1-2H3,(H2,22,26)(H,23,25). The number of hydrogen-bond donors (Lipinski definition) is 2. The van der Waals surface area contributed by atoms with Crippen LogP contribution in [0.2, 0.25) is 0 Å². The smallest absolute Gasteiger partial charge is 0.251 e. The Balaban J connectivity index is 1.72. The average molecular weight is 386 g/mol. The molecule has 144 valence electrons. The zero-order valence-electron chi connectivity index (χ0n) is 16.0. The third-order valence-corrected chi connectivity index (χ3v) is 6.18. The number of fused-ring (bicyclic) bond motifs is 1. The average Bonchev–Trinajstić information content (AvgIpc) is 2.99. The number of amides is 2. The lowest BCUT2D eigenvalue weighted by molar-refractivity contribution is -0.117. The van der Waals surface area contributed by atoms with Gasteiger partial charge < -0.3 is 11.1 Å². The van der Waals surface area contributed by atoms with E-state index in [1.54, 1.807) is 0 Å². The van der Waals surface area contributed by atoms with Crippen LogP contribution in [-0.4, -0.2) is 29.3 Å². The summed E-state index contributed by atoms with van der Waals surface area (Å²) in [5, 5.41) is 3.57. The van der Waals surface area contributed by atoms with Crippen LogP contribution in [0.5, 0.6) is 0 Å². The van der Waals surface area contributed by atoms with Gasteiger partial charge in [-0.2, -0.15) is 0 Å². The molecule has 1 heterocycles. The molecule has 0 radical (unpaired) electrons. The first kappa shape index (κ1) is 19.6. The highest BCUT2D eigenvalue weighted by Gasteiger charge is 2.25. The summed E-state index contributed by atoms with van der Waals surface area (Å²) in [5.74, 6) is -0.560. The summed E-state index contributed by atoms with van der Waals surface area (Å²) in [6, 6.07) is 10.3. The van der Waals surface area contributed by atoms with Crippen LogP contribution in [0.25, 0.3) is 0 Å². The number of carbonyl (C=O) groups excluding carboxylic acids is 2. The minimum absolute atomic E-state index is 0.110. The lowest BCUT2D eigenvalue weighted by Crippen LogP contribution is -2.37. The molecule has 0 spiro atoms. The van der Waals surface area contributed by atoms with Crippen molar-refractivity contribution in [2.24, 2.45) is 5.73 Å². The van der Waals surface area contributed by atoms with Gasteiger partial charge in [0.15, 0.2) is 0 Å². The molecule has 2 amide bonds. The van der Waals surface area contributed by atoms with Crippen molar-refractivity contribution in [3.05, 3.63) is 51.9 Å². The summed E-state index contributed by atoms with van der Waals surface area (Å²) < 4.78 is 0. The molecule has 0 fully saturated rings. The third kappa shape index (κ3) is 4.76. The maximum absolute atomic E-state index is 12.7. The van der Waals surface area contributed by atoms with Gasteiger partial charge in [-0.15, -0.1) is 11.3 Å². The first-order valence-electron chi connectivity index (χ1n) is 9.48. The molecule has 0 aliphatic heterocycles. The quantitative estimate of drug-likeness (QED) is 0.765. The molecule has 0 unspecified atom stereocenters. The molecular formula is C21H27N3O2S. The SMILES string of the molecule is CC(C)N(CC(=O)Nc1sc2c(c1C(N)=O)CCCC2)Cc1ccccc1. The number of anilines is 1. The van der Waals surface area contributed by atoms with E-state index >= 15 is 0 Å². The van der Waals surface area contributed by atoms with Crippen LogP contribution in [0.15, 0.2) is 30.3 Å². The van der Waals surface area contributed by atoms with Crippen molar-refractivity contribution < 1.29 is 9.59 Å². The van der Waals surface area contributed by atoms with Gasteiger partial charge in [0.2, 0.25) is 5.91 Å². The number of hydrogen-bond acceptors (Lipinski definition) is 4. The molecule has 0 saturated heterocycles. The molecular weight excluding hydrogens is 358 g/mol. The second kappa shape index (κ2) is 8.67. The predicted octanol–water partition coefficient (Wildman–Crippen LogP) is 3.57. The topological polar surface area (TPSA) is 75.4 Å². The molecule has 3 N–H and O–H groups in total. The van der Waals surface area contributed by atoms with Crippen LogP contribution in [-0.2, 0) is 24.2 Å². The maximum atomic E-state index is 12.7. The molecule has 3 rings (SSSR count). The minimum Gasteiger partial charge on any atom is -0.365 e. The predicted molar refractivity (Wildman–Crippen MR) is 110 cm³/mol. The minimum atomic E-state index is -0.449. The summed E-state index contributed by atoms with van der Waals surface area (Å²) in [6.07, 6.45) is 4.02. The Labute approximate surface area is 164 Å². The van der Waals surface area contributed by atoms with Gasteiger partial charge >= 0.3 is 0 Å². The summed E-state index contributed by atoms with van der Waals surface area (Å²) in [6.45, 7) is 5.13. The molecule has 1 aliphatic rings. The molecule has 2 aromatic rings. The number of nitrogens with one attached hydrogen (secondary N) is 1. The second-order valence-electron chi connectivity index (χ2n) is 7.31. The number of thiophene rings is 1. The lowest BCUT2D eigenvalue weighted by atomic mass is 9.95. The Morgan fingerprint density at radius 2 is 1.89 bits per heavy atom. The second-order valence-corrected chi connectivity index (χ2v) is 8.42. The molecule has 0 saturated carbocycles. The van der Waals surface area contributed by atoms with Gasteiger partial charge in [0.05, 0.1) is 12.1 Å². The molecule has 1 aromatic carbocycles. The van der Waals surface area contributed by atoms with Crippen molar-refractivity contribution in [3.63, 3.8) is 0 Å². The van der Waals surface area contributed by atoms with E-state index in [2.05, 4.69) is 36.2 Å². The number of aryl methyl sites for hydroxylation is 1. The van der Waals surface area contributed by atoms with E-state index in [9.17, 15) is 9.59 Å². The molecule has 5 nitrogen and oxygen atoms in total. The summed E-state index contributed by atoms with van der Waals surface area (Å²) in [7, 11) is 0. The highest BCUT2D eigenvalue weighted by molar-refractivity contribution is 7.17. The Bertz CT molecular complexity index is 814. The Morgan fingerprint density at radius 1 is 1.19 bits per heavy atom. The van der Waals surface area contributed by atoms with Gasteiger partial charge in [-0.25, -0.2) is 0 Å². The number of nitrogens with zero attached hydrogens (tertiary/aromatic N) is 1. The van der Waals surface area contributed by atoms with Crippen LogP contribution in [0.1, 0.15) is 53.1 Å². The summed E-state index contributed by atoms with van der Waals surface area (Å²) in [5.41, 5.74) is 8.34. The van der Waals surface area contributed by atoms with Gasteiger partial charge in [-0.05, 0) is 50.7 Å². The summed E-state index contributed by atoms with van der Waals surface area (Å²) >= 11 is 1.51. The fourth-order valence-corrected chi connectivity index (χ4v) is 4.82. The van der Waals surface area contributed by atoms with Crippen molar-refractivity contribution >= 4 is 28.2 Å². The van der Waals surface area contributed by atoms with Crippen LogP contribution in [0.3, 0.4) is 0 Å². The van der Waals surface area contributed by atoms with Crippen LogP contribution >= 0.6 is 11.3 Å². The maximum Gasteiger partial charge on any atom is 0.251 e. The van der Waals surface area contributed by atoms with Crippen molar-refractivity contribution in [2.45, 2.75) is 52.1 Å². The highest BCUT2D eigenvalue weighted by Crippen LogP contribution is 2.37. The molecule has 1 aliphatic carbocycles. The van der Waals surface area contributed by atoms with Crippen molar-refractivity contribution in [1.82, 2.24) is 4.90 Å². The van der Waals surface area contributed by atoms with Crippen molar-refractivity contribution in [2.75, 3.05) is 11.9 Å². The fraction of sp³-hybridized carbons (Fsp3) is 0.429. The molecule has 27 heavy (non-hydrogen) atoms. The van der Waals surface area contributed by atoms with Crippen LogP contribution < -0.4 is 11.1 Å². The van der Waals surface area contributed by atoms with Gasteiger partial charge in [0.25, 0.3) is 5.91 Å². The first-order chi connectivity index (χ1) is 13.0. The van der Waals surface area contributed by atoms with Crippen LogP contribution in [0, 0.1) is 0 Å². The zero-order chi connectivity index (χ0) is 19.4. The Morgan fingerprint density at radius 3 is 2.56 bits per heavy atom. The Kier molecular flexibility index (Phi) is 6.29. The van der Waals surface area contributed by atoms with Crippen LogP contribution in [0.4, 0.5) is 5.00 Å². The van der Waals surface area contributed by atoms with E-state index < -0.39 is 5.91 Å². The third-order valence-electron chi connectivity index (χ3n) is 4.98. The number of primary amides is 1. The van der Waals surface area contributed by atoms with Gasteiger partial charge in [-0.1, -0.05) is 30.3 Å². The number of rotatable bonds is 7. The number of nitrogens with two attached hydrogens (primary N) is 1. The normalized spacial score (nSPS) is 13.6. The van der Waals surface area contributed by atoms with Gasteiger partial charge in [0.1, 0.15) is 5.00 Å². The molecule has 1 aromatic heterocycles. The van der Waals surface area contributed by atoms with Gasteiger partial charge in [-0.3, -0.25) is 14.5 Å². The van der Waals surface area contributed by atoms with Crippen molar-refractivity contribution in [3.8, 4) is 0 Å². The van der Waals surface area contributed by atoms with Gasteiger partial charge in [0, 0.05) is 17.5 Å². The van der Waals surface area contributed by atoms with Crippen molar-refractivity contribution in [1.29, 1.82) is 0 Å².